The van der Waals surface area contributed by atoms with Gasteiger partial charge in [0.05, 0.1) is 0 Å². The molecule has 1 aromatic carbocycles. The van der Waals surface area contributed by atoms with Crippen molar-refractivity contribution in [2.24, 2.45) is 11.8 Å². The van der Waals surface area contributed by atoms with E-state index in [0.29, 0.717) is 5.92 Å². The Hall–Kier alpha value is -1.18. The lowest BCUT2D eigenvalue weighted by molar-refractivity contribution is 0.262. The molecule has 96 valence electrons. The zero-order valence-electron chi connectivity index (χ0n) is 10.5. The van der Waals surface area contributed by atoms with Gasteiger partial charge in [-0.05, 0) is 60.8 Å². The fourth-order valence-electron chi connectivity index (χ4n) is 3.48. The van der Waals surface area contributed by atoms with Crippen LogP contribution in [0, 0.1) is 23.5 Å². The highest BCUT2D eigenvalue weighted by atomic mass is 19.1. The monoisotopic (exact) mass is 248 g/mol. The second-order valence-corrected chi connectivity index (χ2v) is 5.60. The molecule has 0 aromatic heterocycles. The number of benzene rings is 1. The predicted octanol–water partition coefficient (Wildman–Crippen LogP) is 4.95. The molecular weight excluding hydrogens is 230 g/mol. The highest BCUT2D eigenvalue weighted by Gasteiger charge is 2.27. The van der Waals surface area contributed by atoms with Crippen molar-refractivity contribution in [1.82, 2.24) is 0 Å². The van der Waals surface area contributed by atoms with Gasteiger partial charge in [-0.15, -0.1) is 0 Å². The van der Waals surface area contributed by atoms with E-state index in [-0.39, 0.29) is 0 Å². The smallest absolute Gasteiger partial charge is 0.126 e. The lowest BCUT2D eigenvalue weighted by Gasteiger charge is -2.34. The molecule has 0 aliphatic heterocycles. The van der Waals surface area contributed by atoms with Crippen LogP contribution in [0.3, 0.4) is 0 Å². The minimum Gasteiger partial charge on any atom is -0.207 e. The number of hydrogen-bond acceptors (Lipinski definition) is 0. The molecule has 1 aromatic rings. The summed E-state index contributed by atoms with van der Waals surface area (Å²) in [5.41, 5.74) is 1.87. The third kappa shape index (κ3) is 2.33. The van der Waals surface area contributed by atoms with Gasteiger partial charge in [0, 0.05) is 6.07 Å². The van der Waals surface area contributed by atoms with Crippen molar-refractivity contribution in [1.29, 1.82) is 0 Å². The Kier molecular flexibility index (Phi) is 3.19. The number of hydrogen-bond donors (Lipinski definition) is 0. The van der Waals surface area contributed by atoms with Crippen LogP contribution in [-0.2, 0) is 0 Å². The van der Waals surface area contributed by atoms with Crippen LogP contribution < -0.4 is 0 Å². The van der Waals surface area contributed by atoms with Crippen molar-refractivity contribution in [3.8, 4) is 0 Å². The lowest BCUT2D eigenvalue weighted by Crippen LogP contribution is -2.21. The van der Waals surface area contributed by atoms with E-state index in [1.807, 2.05) is 0 Å². The number of rotatable bonds is 1. The SMILES string of the molecule is Fc1cc(F)cc(C2=CC3CCCCC3CC2)c1. The van der Waals surface area contributed by atoms with Crippen molar-refractivity contribution in [2.75, 3.05) is 0 Å². The third-order valence-corrected chi connectivity index (χ3v) is 4.40. The predicted molar refractivity (Wildman–Crippen MR) is 69.0 cm³/mol. The van der Waals surface area contributed by atoms with E-state index in [1.165, 1.54) is 44.2 Å². The maximum absolute atomic E-state index is 13.2. The lowest BCUT2D eigenvalue weighted by atomic mass is 9.71. The van der Waals surface area contributed by atoms with Crippen LogP contribution in [0.15, 0.2) is 24.3 Å². The molecule has 0 N–H and O–H groups in total. The van der Waals surface area contributed by atoms with Gasteiger partial charge in [-0.1, -0.05) is 18.9 Å². The summed E-state index contributed by atoms with van der Waals surface area (Å²) in [6, 6.07) is 3.85. The molecule has 2 heteroatoms. The molecule has 2 unspecified atom stereocenters. The molecule has 3 rings (SSSR count). The molecule has 0 radical (unpaired) electrons. The summed E-state index contributed by atoms with van der Waals surface area (Å²) in [7, 11) is 0. The van der Waals surface area contributed by atoms with Crippen LogP contribution in [0.25, 0.3) is 5.57 Å². The minimum atomic E-state index is -0.475. The molecule has 0 nitrogen and oxygen atoms in total. The largest absolute Gasteiger partial charge is 0.207 e. The van der Waals surface area contributed by atoms with E-state index in [0.717, 1.165) is 29.5 Å². The summed E-state index contributed by atoms with van der Waals surface area (Å²) < 4.78 is 26.5. The van der Waals surface area contributed by atoms with Gasteiger partial charge in [0.2, 0.25) is 0 Å². The average molecular weight is 248 g/mol. The quantitative estimate of drug-likeness (QED) is 0.659. The normalized spacial score (nSPS) is 27.6. The molecule has 2 atom stereocenters. The third-order valence-electron chi connectivity index (χ3n) is 4.40. The molecule has 0 saturated heterocycles. The summed E-state index contributed by atoms with van der Waals surface area (Å²) in [4.78, 5) is 0. The first-order valence-electron chi connectivity index (χ1n) is 6.89. The summed E-state index contributed by atoms with van der Waals surface area (Å²) in [5.74, 6) is 0.489. The Morgan fingerprint density at radius 3 is 2.39 bits per heavy atom. The van der Waals surface area contributed by atoms with Crippen LogP contribution in [-0.4, -0.2) is 0 Å². The van der Waals surface area contributed by atoms with Crippen LogP contribution in [0.1, 0.15) is 44.1 Å². The molecule has 2 aliphatic rings. The van der Waals surface area contributed by atoms with Gasteiger partial charge in [-0.2, -0.15) is 0 Å². The highest BCUT2D eigenvalue weighted by Crippen LogP contribution is 2.41. The zero-order chi connectivity index (χ0) is 12.5. The van der Waals surface area contributed by atoms with Gasteiger partial charge in [0.25, 0.3) is 0 Å². The fraction of sp³-hybridized carbons (Fsp3) is 0.500. The van der Waals surface area contributed by atoms with Crippen LogP contribution in [0.5, 0.6) is 0 Å². The summed E-state index contributed by atoms with van der Waals surface area (Å²) in [6.07, 6.45) is 9.62. The van der Waals surface area contributed by atoms with Gasteiger partial charge < -0.3 is 0 Å². The number of allylic oxidation sites excluding steroid dienone is 2. The van der Waals surface area contributed by atoms with E-state index in [2.05, 4.69) is 6.08 Å². The van der Waals surface area contributed by atoms with E-state index in [9.17, 15) is 8.78 Å². The minimum absolute atomic E-state index is 0.475. The fourth-order valence-corrected chi connectivity index (χ4v) is 3.48. The Bertz CT molecular complexity index is 456. The van der Waals surface area contributed by atoms with E-state index >= 15 is 0 Å². The van der Waals surface area contributed by atoms with Crippen molar-refractivity contribution in [3.05, 3.63) is 41.5 Å². The van der Waals surface area contributed by atoms with E-state index < -0.39 is 11.6 Å². The second-order valence-electron chi connectivity index (χ2n) is 5.60. The summed E-state index contributed by atoms with van der Waals surface area (Å²) in [5, 5.41) is 0. The van der Waals surface area contributed by atoms with Gasteiger partial charge in [0.15, 0.2) is 0 Å². The van der Waals surface area contributed by atoms with Gasteiger partial charge in [0.1, 0.15) is 11.6 Å². The topological polar surface area (TPSA) is 0 Å². The molecule has 2 aliphatic carbocycles. The molecule has 0 bridgehead atoms. The summed E-state index contributed by atoms with van der Waals surface area (Å²) >= 11 is 0. The molecule has 0 spiro atoms. The van der Waals surface area contributed by atoms with E-state index in [4.69, 9.17) is 0 Å². The zero-order valence-corrected chi connectivity index (χ0v) is 10.5. The maximum Gasteiger partial charge on any atom is 0.126 e. The van der Waals surface area contributed by atoms with Gasteiger partial charge >= 0.3 is 0 Å². The maximum atomic E-state index is 13.2. The van der Waals surface area contributed by atoms with Crippen molar-refractivity contribution in [3.63, 3.8) is 0 Å². The standard InChI is InChI=1S/C16H18F2/c17-15-8-14(9-16(18)10-15)13-6-5-11-3-1-2-4-12(11)7-13/h7-12H,1-6H2. The molecular formula is C16H18F2. The second kappa shape index (κ2) is 4.83. The Balaban J connectivity index is 1.89. The van der Waals surface area contributed by atoms with Gasteiger partial charge in [-0.3, -0.25) is 0 Å². The molecule has 0 amide bonds. The Morgan fingerprint density at radius 1 is 0.889 bits per heavy atom. The Labute approximate surface area is 107 Å². The molecule has 18 heavy (non-hydrogen) atoms. The summed E-state index contributed by atoms with van der Waals surface area (Å²) in [6.45, 7) is 0. The van der Waals surface area contributed by atoms with Crippen molar-refractivity contribution in [2.45, 2.75) is 38.5 Å². The highest BCUT2D eigenvalue weighted by molar-refractivity contribution is 5.66. The number of fused-ring (bicyclic) bond motifs is 1. The first-order chi connectivity index (χ1) is 8.72. The average Bonchev–Trinajstić information content (AvgIpc) is 2.37. The van der Waals surface area contributed by atoms with Crippen LogP contribution >= 0.6 is 0 Å². The molecule has 0 heterocycles. The van der Waals surface area contributed by atoms with E-state index in [1.54, 1.807) is 0 Å². The van der Waals surface area contributed by atoms with Gasteiger partial charge in [-0.25, -0.2) is 8.78 Å². The number of halogens is 2. The Morgan fingerprint density at radius 2 is 1.61 bits per heavy atom. The van der Waals surface area contributed by atoms with Crippen LogP contribution in [0.4, 0.5) is 8.78 Å². The first kappa shape index (κ1) is 11.9. The van der Waals surface area contributed by atoms with Crippen molar-refractivity contribution < 1.29 is 8.78 Å². The first-order valence-corrected chi connectivity index (χ1v) is 6.89. The molecule has 1 saturated carbocycles. The van der Waals surface area contributed by atoms with Crippen molar-refractivity contribution >= 4 is 5.57 Å². The van der Waals surface area contributed by atoms with Crippen LogP contribution in [0.2, 0.25) is 0 Å². The molecule has 1 fully saturated rings.